The van der Waals surface area contributed by atoms with Crippen LogP contribution in [0.4, 0.5) is 0 Å². The van der Waals surface area contributed by atoms with Gasteiger partial charge in [-0.1, -0.05) is 6.08 Å². The maximum absolute atomic E-state index is 3.87. The summed E-state index contributed by atoms with van der Waals surface area (Å²) in [5.74, 6) is 7.66. The number of hydrogen-bond acceptors (Lipinski definition) is 2. The van der Waals surface area contributed by atoms with Gasteiger partial charge in [0.05, 0.1) is 0 Å². The quantitative estimate of drug-likeness (QED) is 0.115. The average Bonchev–Trinajstić information content (AvgIpc) is 3.96. The maximum atomic E-state index is 3.87. The Kier molecular flexibility index (Phi) is 10.7. The van der Waals surface area contributed by atoms with E-state index in [2.05, 4.69) is 183 Å². The second-order valence-electron chi connectivity index (χ2n) is 13.8. The van der Waals surface area contributed by atoms with Crippen LogP contribution >= 0.6 is 29.9 Å². The number of thiophene rings is 2. The Morgan fingerprint density at radius 3 is 1.74 bits per heavy atom. The molecule has 8 rings (SSSR count). The van der Waals surface area contributed by atoms with Gasteiger partial charge >= 0.3 is 320 Å². The molecule has 0 aliphatic heterocycles. The third kappa shape index (κ3) is 6.57. The second kappa shape index (κ2) is 15.8. The summed E-state index contributed by atoms with van der Waals surface area (Å²) in [6.07, 6.45) is 12.4. The van der Waals surface area contributed by atoms with Gasteiger partial charge in [0.25, 0.3) is 0 Å². The van der Waals surface area contributed by atoms with Gasteiger partial charge in [-0.3, -0.25) is 0 Å². The van der Waals surface area contributed by atoms with Crippen LogP contribution in [-0.2, 0) is 17.9 Å². The molecule has 2 aromatic heterocycles. The van der Waals surface area contributed by atoms with Gasteiger partial charge < -0.3 is 0 Å². The van der Waals surface area contributed by atoms with Crippen LogP contribution in [0.3, 0.4) is 0 Å². The molecule has 7 aromatic rings. The molecule has 0 bridgehead atoms. The predicted octanol–water partition coefficient (Wildman–Crippen LogP) is 13.1. The fraction of sp³-hybridized carbons (Fsp3) is 0.140. The Hall–Kier alpha value is -4.35. The average molecular weight is 927 g/mol. The van der Waals surface area contributed by atoms with Crippen molar-refractivity contribution in [1.82, 2.24) is 0 Å². The van der Waals surface area contributed by atoms with Crippen molar-refractivity contribution in [2.75, 3.05) is 0 Å². The molecule has 265 valence electrons. The van der Waals surface area contributed by atoms with Gasteiger partial charge in [0, 0.05) is 0 Å². The zero-order valence-corrected chi connectivity index (χ0v) is 36.1. The van der Waals surface area contributed by atoms with Crippen molar-refractivity contribution in [3.63, 3.8) is 0 Å². The summed E-state index contributed by atoms with van der Waals surface area (Å²) in [4.78, 5) is 2.38. The van der Waals surface area contributed by atoms with Crippen molar-refractivity contribution in [1.29, 1.82) is 0 Å². The fourth-order valence-electron chi connectivity index (χ4n) is 7.94. The third-order valence-electron chi connectivity index (χ3n) is 10.6. The van der Waals surface area contributed by atoms with Crippen molar-refractivity contribution >= 4 is 82.9 Å². The molecule has 1 saturated carbocycles. The molecule has 0 N–H and O–H groups in total. The van der Waals surface area contributed by atoms with E-state index < -0.39 is 7.26 Å². The molecule has 0 amide bonds. The number of benzene rings is 5. The summed E-state index contributed by atoms with van der Waals surface area (Å²) < 4.78 is 6.56. The van der Waals surface area contributed by atoms with Crippen LogP contribution in [0.2, 0.25) is 0 Å². The van der Waals surface area contributed by atoms with E-state index in [9.17, 15) is 0 Å². The SMILES string of the molecule is CC=C1CCCC1=CC(C#Cc1cc2c3cc(C)c(C)cc3c3cc(/C=C/C)sc3c2s1)=C([C]#[Os])[P+](c1ccccc1)(c1ccccc1)c1ccccc1. The number of fused-ring (bicyclic) bond motifs is 6. The summed E-state index contributed by atoms with van der Waals surface area (Å²) >= 11 is 5.56. The van der Waals surface area contributed by atoms with Gasteiger partial charge in [-0.05, 0) is 13.8 Å². The summed E-state index contributed by atoms with van der Waals surface area (Å²) in [6.45, 7) is 8.73. The summed E-state index contributed by atoms with van der Waals surface area (Å²) in [7, 11) is -2.43. The van der Waals surface area contributed by atoms with Crippen LogP contribution in [0.5, 0.6) is 0 Å². The van der Waals surface area contributed by atoms with Crippen LogP contribution in [0, 0.1) is 30.1 Å². The topological polar surface area (TPSA) is 0 Å². The molecular weight excluding hydrogens is 886 g/mol. The van der Waals surface area contributed by atoms with Crippen LogP contribution in [0.25, 0.3) is 37.0 Å². The van der Waals surface area contributed by atoms with Crippen LogP contribution < -0.4 is 15.9 Å². The molecule has 0 radical (unpaired) electrons. The molecule has 4 heteroatoms. The zero-order valence-electron chi connectivity index (χ0n) is 31.0. The standard InChI is InChI=1S/C50H41PS2.Os/c1-6-18-43-32-47-45-29-34(3)35(4)30-46(45)48-33-44(53-50(48)49(47)52-43)28-27-38(31-39-20-17-19-37(39)7-2)36(5)51(40-21-11-8-12-22-40,41-23-13-9-14-24-41)42-25-15-10-16-26-42;/h6-16,18,21-26,29-33H,17,19-20H2,1-4H3;/q+1;/b18-6+,37-7?,38-36?,39-31?;. The molecule has 1 aliphatic rings. The Labute approximate surface area is 338 Å². The minimum absolute atomic E-state index is 1.07. The molecule has 5 aromatic carbocycles. The summed E-state index contributed by atoms with van der Waals surface area (Å²) in [5.41, 5.74) is 6.55. The molecule has 0 nitrogen and oxygen atoms in total. The molecule has 1 fully saturated rings. The molecule has 0 spiro atoms. The van der Waals surface area contributed by atoms with E-state index >= 15 is 0 Å². The minimum atomic E-state index is -2.43. The van der Waals surface area contributed by atoms with Gasteiger partial charge in [0.1, 0.15) is 0 Å². The van der Waals surface area contributed by atoms with Gasteiger partial charge in [-0.25, -0.2) is 0 Å². The molecule has 2 heterocycles. The van der Waals surface area contributed by atoms with E-state index in [1.165, 1.54) is 85.7 Å². The van der Waals surface area contributed by atoms with E-state index in [-0.39, 0.29) is 0 Å². The van der Waals surface area contributed by atoms with Crippen LogP contribution in [-0.4, -0.2) is 0 Å². The van der Waals surface area contributed by atoms with Gasteiger partial charge in [-0.2, -0.15) is 0 Å². The number of rotatable bonds is 6. The van der Waals surface area contributed by atoms with E-state index in [0.717, 1.165) is 23.3 Å². The first-order valence-electron chi connectivity index (χ1n) is 18.5. The van der Waals surface area contributed by atoms with Crippen LogP contribution in [0.15, 0.2) is 156 Å². The first kappa shape index (κ1) is 36.6. The molecule has 0 saturated heterocycles. The Morgan fingerprint density at radius 2 is 1.20 bits per heavy atom. The van der Waals surface area contributed by atoms with Crippen LogP contribution in [0.1, 0.15) is 54.0 Å². The summed E-state index contributed by atoms with van der Waals surface area (Å²) in [6, 6.07) is 42.8. The van der Waals surface area contributed by atoms with Crippen molar-refractivity contribution < 1.29 is 17.9 Å². The molecule has 0 unspecified atom stereocenters. The second-order valence-corrected chi connectivity index (χ2v) is 20.0. The summed E-state index contributed by atoms with van der Waals surface area (Å²) in [5, 5.41) is 10.4. The molecule has 54 heavy (non-hydrogen) atoms. The van der Waals surface area contributed by atoms with Crippen molar-refractivity contribution in [2.45, 2.75) is 47.0 Å². The number of hydrogen-bond donors (Lipinski definition) is 0. The van der Waals surface area contributed by atoms with E-state index in [1.807, 2.05) is 40.6 Å². The van der Waals surface area contributed by atoms with E-state index in [4.69, 9.17) is 0 Å². The Morgan fingerprint density at radius 1 is 0.667 bits per heavy atom. The van der Waals surface area contributed by atoms with Crippen molar-refractivity contribution in [3.8, 4) is 16.2 Å². The normalized spacial score (nSPS) is 15.3. The van der Waals surface area contributed by atoms with Crippen molar-refractivity contribution in [2.24, 2.45) is 0 Å². The van der Waals surface area contributed by atoms with Gasteiger partial charge in [0.15, 0.2) is 0 Å². The zero-order chi connectivity index (χ0) is 37.2. The van der Waals surface area contributed by atoms with Gasteiger partial charge in [-0.15, -0.1) is 0 Å². The number of allylic oxidation sites excluding steroid dienone is 7. The first-order valence-corrected chi connectivity index (χ1v) is 23.2. The van der Waals surface area contributed by atoms with E-state index in [0.29, 0.717) is 0 Å². The number of aryl methyl sites for hydroxylation is 2. The first-order chi connectivity index (χ1) is 26.5. The molecule has 1 aliphatic carbocycles. The molecular formula is C50H41OsPS2+. The van der Waals surface area contributed by atoms with E-state index in [1.54, 1.807) is 0 Å². The Balaban J connectivity index is 1.45. The molecule has 0 atom stereocenters. The van der Waals surface area contributed by atoms with Crippen molar-refractivity contribution in [3.05, 3.63) is 176 Å². The third-order valence-corrected chi connectivity index (χ3v) is 18.3. The predicted molar refractivity (Wildman–Crippen MR) is 238 cm³/mol. The van der Waals surface area contributed by atoms with Gasteiger partial charge in [0.2, 0.25) is 0 Å². The Bertz CT molecular complexity index is 2680. The fourth-order valence-corrected chi connectivity index (χ4v) is 16.0. The monoisotopic (exact) mass is 928 g/mol.